The topological polar surface area (TPSA) is 21.3 Å². The van der Waals surface area contributed by atoms with Crippen molar-refractivity contribution in [2.24, 2.45) is 0 Å². The predicted octanol–water partition coefficient (Wildman–Crippen LogP) is 3.86. The Kier molecular flexibility index (Phi) is 4.45. The molecule has 4 heteroatoms. The van der Waals surface area contributed by atoms with E-state index >= 15 is 0 Å². The normalized spacial score (nSPS) is 14.7. The number of halogens is 1. The van der Waals surface area contributed by atoms with Gasteiger partial charge >= 0.3 is 0 Å². The minimum absolute atomic E-state index is 0.201. The lowest BCUT2D eigenvalue weighted by Crippen LogP contribution is -2.14. The highest BCUT2D eigenvalue weighted by atomic mass is 32.1. The average molecular weight is 291 g/mol. The smallest absolute Gasteiger partial charge is 0.128 e. The number of thiophene rings is 1. The maximum absolute atomic E-state index is 13.4. The SMILES string of the molecule is Fc1ccccc1COCc1ccc(CNC2CC2)s1. The highest BCUT2D eigenvalue weighted by Crippen LogP contribution is 2.22. The van der Waals surface area contributed by atoms with Crippen molar-refractivity contribution < 1.29 is 9.13 Å². The molecule has 0 aliphatic heterocycles. The van der Waals surface area contributed by atoms with Gasteiger partial charge in [0.25, 0.3) is 0 Å². The monoisotopic (exact) mass is 291 g/mol. The lowest BCUT2D eigenvalue weighted by atomic mass is 10.2. The molecule has 1 N–H and O–H groups in total. The second kappa shape index (κ2) is 6.48. The lowest BCUT2D eigenvalue weighted by Gasteiger charge is -2.04. The van der Waals surface area contributed by atoms with Crippen molar-refractivity contribution in [1.82, 2.24) is 5.32 Å². The van der Waals surface area contributed by atoms with Crippen molar-refractivity contribution in [3.63, 3.8) is 0 Å². The Labute approximate surface area is 122 Å². The molecule has 1 heterocycles. The Morgan fingerprint density at radius 3 is 2.70 bits per heavy atom. The molecule has 2 nitrogen and oxygen atoms in total. The number of hydrogen-bond donors (Lipinski definition) is 1. The van der Waals surface area contributed by atoms with Gasteiger partial charge in [0, 0.05) is 27.9 Å². The molecule has 1 saturated carbocycles. The minimum atomic E-state index is -0.201. The molecule has 1 fully saturated rings. The number of nitrogens with one attached hydrogen (secondary N) is 1. The van der Waals surface area contributed by atoms with Crippen LogP contribution in [0.25, 0.3) is 0 Å². The van der Waals surface area contributed by atoms with Gasteiger partial charge in [-0.1, -0.05) is 18.2 Å². The third kappa shape index (κ3) is 3.88. The number of ether oxygens (including phenoxy) is 1. The Balaban J connectivity index is 1.45. The summed E-state index contributed by atoms with van der Waals surface area (Å²) in [6.07, 6.45) is 2.62. The Bertz CT molecular complexity index is 565. The van der Waals surface area contributed by atoms with Crippen LogP contribution in [-0.4, -0.2) is 6.04 Å². The van der Waals surface area contributed by atoms with Gasteiger partial charge in [-0.15, -0.1) is 11.3 Å². The van der Waals surface area contributed by atoms with E-state index in [1.165, 1.54) is 28.7 Å². The summed E-state index contributed by atoms with van der Waals surface area (Å²) in [5, 5.41) is 3.50. The quantitative estimate of drug-likeness (QED) is 0.836. The summed E-state index contributed by atoms with van der Waals surface area (Å²) in [5.41, 5.74) is 0.611. The van der Waals surface area contributed by atoms with Crippen LogP contribution < -0.4 is 5.32 Å². The summed E-state index contributed by atoms with van der Waals surface area (Å²) in [6.45, 7) is 1.81. The Morgan fingerprint density at radius 2 is 1.90 bits per heavy atom. The fourth-order valence-corrected chi connectivity index (χ4v) is 2.91. The molecule has 1 aliphatic carbocycles. The van der Waals surface area contributed by atoms with E-state index in [0.29, 0.717) is 18.8 Å². The van der Waals surface area contributed by atoms with Crippen molar-refractivity contribution in [3.05, 3.63) is 57.5 Å². The standard InChI is InChI=1S/C16H18FNOS/c17-16-4-2-1-3-12(16)10-19-11-15-8-7-14(20-15)9-18-13-5-6-13/h1-4,7-8,13,18H,5-6,9-11H2. The summed E-state index contributed by atoms with van der Waals surface area (Å²) < 4.78 is 19.0. The van der Waals surface area contributed by atoms with Crippen molar-refractivity contribution >= 4 is 11.3 Å². The van der Waals surface area contributed by atoms with Crippen LogP contribution in [0.1, 0.15) is 28.2 Å². The van der Waals surface area contributed by atoms with Gasteiger partial charge in [-0.2, -0.15) is 0 Å². The molecule has 3 rings (SSSR count). The zero-order chi connectivity index (χ0) is 13.8. The number of hydrogen-bond acceptors (Lipinski definition) is 3. The molecule has 0 amide bonds. The van der Waals surface area contributed by atoms with Crippen molar-refractivity contribution in [2.45, 2.75) is 38.6 Å². The second-order valence-electron chi connectivity index (χ2n) is 5.11. The maximum Gasteiger partial charge on any atom is 0.128 e. The van der Waals surface area contributed by atoms with Crippen LogP contribution in [0.5, 0.6) is 0 Å². The molecule has 1 aromatic heterocycles. The zero-order valence-corrected chi connectivity index (χ0v) is 12.1. The van der Waals surface area contributed by atoms with Crippen LogP contribution in [0.3, 0.4) is 0 Å². The molecule has 0 unspecified atom stereocenters. The highest BCUT2D eigenvalue weighted by Gasteiger charge is 2.20. The van der Waals surface area contributed by atoms with E-state index in [2.05, 4.69) is 17.4 Å². The molecule has 106 valence electrons. The molecule has 0 atom stereocenters. The average Bonchev–Trinajstić information content (AvgIpc) is 3.18. The first-order valence-electron chi connectivity index (χ1n) is 6.93. The molecule has 0 saturated heterocycles. The third-order valence-electron chi connectivity index (χ3n) is 3.32. The van der Waals surface area contributed by atoms with Gasteiger partial charge in [-0.05, 0) is 31.0 Å². The van der Waals surface area contributed by atoms with Crippen LogP contribution in [-0.2, 0) is 24.5 Å². The molecule has 1 aromatic carbocycles. The molecule has 2 aromatic rings. The van der Waals surface area contributed by atoms with E-state index in [4.69, 9.17) is 4.74 Å². The zero-order valence-electron chi connectivity index (χ0n) is 11.3. The van der Waals surface area contributed by atoms with Crippen molar-refractivity contribution in [3.8, 4) is 0 Å². The molecular formula is C16H18FNOS. The number of rotatable bonds is 7. The highest BCUT2D eigenvalue weighted by molar-refractivity contribution is 7.11. The van der Waals surface area contributed by atoms with Gasteiger partial charge in [-0.3, -0.25) is 0 Å². The molecule has 0 radical (unpaired) electrons. The van der Waals surface area contributed by atoms with Gasteiger partial charge in [-0.25, -0.2) is 4.39 Å². The fourth-order valence-electron chi connectivity index (χ4n) is 2.00. The Morgan fingerprint density at radius 1 is 1.10 bits per heavy atom. The van der Waals surface area contributed by atoms with Crippen molar-refractivity contribution in [1.29, 1.82) is 0 Å². The van der Waals surface area contributed by atoms with Gasteiger partial charge in [0.1, 0.15) is 5.82 Å². The van der Waals surface area contributed by atoms with E-state index in [-0.39, 0.29) is 5.82 Å². The van der Waals surface area contributed by atoms with E-state index in [9.17, 15) is 4.39 Å². The molecule has 1 aliphatic rings. The molecule has 20 heavy (non-hydrogen) atoms. The van der Waals surface area contributed by atoms with E-state index < -0.39 is 0 Å². The summed E-state index contributed by atoms with van der Waals surface area (Å²) in [4.78, 5) is 2.52. The van der Waals surface area contributed by atoms with Crippen LogP contribution in [0.2, 0.25) is 0 Å². The van der Waals surface area contributed by atoms with Gasteiger partial charge in [0.05, 0.1) is 13.2 Å². The van der Waals surface area contributed by atoms with E-state index in [0.717, 1.165) is 12.6 Å². The summed E-state index contributed by atoms with van der Waals surface area (Å²) in [6, 6.07) is 11.7. The lowest BCUT2D eigenvalue weighted by molar-refractivity contribution is 0.107. The maximum atomic E-state index is 13.4. The van der Waals surface area contributed by atoms with Crippen LogP contribution in [0.15, 0.2) is 36.4 Å². The second-order valence-corrected chi connectivity index (χ2v) is 6.36. The van der Waals surface area contributed by atoms with Crippen LogP contribution >= 0.6 is 11.3 Å². The summed E-state index contributed by atoms with van der Waals surface area (Å²) in [5.74, 6) is -0.201. The van der Waals surface area contributed by atoms with Crippen LogP contribution in [0, 0.1) is 5.82 Å². The Hall–Kier alpha value is -1.23. The van der Waals surface area contributed by atoms with Crippen molar-refractivity contribution in [2.75, 3.05) is 0 Å². The largest absolute Gasteiger partial charge is 0.371 e. The first kappa shape index (κ1) is 13.7. The van der Waals surface area contributed by atoms with Gasteiger partial charge in [0.2, 0.25) is 0 Å². The summed E-state index contributed by atoms with van der Waals surface area (Å²) >= 11 is 1.76. The third-order valence-corrected chi connectivity index (χ3v) is 4.38. The van der Waals surface area contributed by atoms with Gasteiger partial charge in [0.15, 0.2) is 0 Å². The fraction of sp³-hybridized carbons (Fsp3) is 0.375. The molecule has 0 bridgehead atoms. The van der Waals surface area contributed by atoms with Gasteiger partial charge < -0.3 is 10.1 Å². The van der Waals surface area contributed by atoms with E-state index in [1.54, 1.807) is 23.5 Å². The summed E-state index contributed by atoms with van der Waals surface area (Å²) in [7, 11) is 0. The molecular weight excluding hydrogens is 273 g/mol. The van der Waals surface area contributed by atoms with Crippen LogP contribution in [0.4, 0.5) is 4.39 Å². The minimum Gasteiger partial charge on any atom is -0.371 e. The predicted molar refractivity (Wildman–Crippen MR) is 79.1 cm³/mol. The molecule has 0 spiro atoms. The number of benzene rings is 1. The van der Waals surface area contributed by atoms with E-state index in [1.807, 2.05) is 6.07 Å². The first-order chi connectivity index (χ1) is 9.81. The first-order valence-corrected chi connectivity index (χ1v) is 7.75.